The van der Waals surface area contributed by atoms with Crippen molar-refractivity contribution in [1.29, 1.82) is 0 Å². The van der Waals surface area contributed by atoms with Gasteiger partial charge in [-0.2, -0.15) is 0 Å². The number of pyridine rings is 1. The summed E-state index contributed by atoms with van der Waals surface area (Å²) < 4.78 is 11.2. The van der Waals surface area contributed by atoms with Gasteiger partial charge in [0.05, 0.1) is 0 Å². The molecule has 3 aromatic rings. The summed E-state index contributed by atoms with van der Waals surface area (Å²) in [5, 5.41) is 0.668. The van der Waals surface area contributed by atoms with Gasteiger partial charge in [0.25, 0.3) is 0 Å². The number of ketones is 1. The van der Waals surface area contributed by atoms with E-state index >= 15 is 0 Å². The highest BCUT2D eigenvalue weighted by atomic mass is 35.5. The van der Waals surface area contributed by atoms with E-state index in [1.807, 2.05) is 30.3 Å². The molecule has 1 aliphatic rings. The van der Waals surface area contributed by atoms with Gasteiger partial charge in [-0.15, -0.1) is 0 Å². The highest BCUT2D eigenvalue weighted by molar-refractivity contribution is 6.30. The number of aryl methyl sites for hydroxylation is 1. The van der Waals surface area contributed by atoms with E-state index in [0.29, 0.717) is 22.4 Å². The zero-order valence-electron chi connectivity index (χ0n) is 14.9. The maximum atomic E-state index is 12.5. The van der Waals surface area contributed by atoms with E-state index in [4.69, 9.17) is 20.8 Å². The number of carbonyl (C=O) groups excluding carboxylic acids is 1. The fourth-order valence-electron chi connectivity index (χ4n) is 3.01. The van der Waals surface area contributed by atoms with E-state index in [1.54, 1.807) is 13.1 Å². The van der Waals surface area contributed by atoms with E-state index in [1.165, 1.54) is 12.8 Å². The second-order valence-corrected chi connectivity index (χ2v) is 7.17. The largest absolute Gasteiger partial charge is 0.474 e. The van der Waals surface area contributed by atoms with E-state index in [2.05, 4.69) is 9.97 Å². The minimum atomic E-state index is -0.0993. The summed E-state index contributed by atoms with van der Waals surface area (Å²) in [5.74, 6) is 1.02. The van der Waals surface area contributed by atoms with Crippen LogP contribution in [-0.4, -0.2) is 21.9 Å². The molecule has 0 radical (unpaired) electrons. The zero-order chi connectivity index (χ0) is 18.8. The van der Waals surface area contributed by atoms with Crippen molar-refractivity contribution in [2.24, 2.45) is 0 Å². The summed E-state index contributed by atoms with van der Waals surface area (Å²) in [5.41, 5.74) is 2.97. The first-order chi connectivity index (χ1) is 13.1. The number of rotatable bonds is 6. The Labute approximate surface area is 162 Å². The van der Waals surface area contributed by atoms with E-state index in [-0.39, 0.29) is 18.3 Å². The number of aromatic nitrogens is 2. The Balaban J connectivity index is 1.65. The van der Waals surface area contributed by atoms with Crippen LogP contribution in [0.1, 0.15) is 41.1 Å². The first-order valence-corrected chi connectivity index (χ1v) is 9.33. The average molecular weight is 383 g/mol. The molecule has 0 N–H and O–H groups in total. The Kier molecular flexibility index (Phi) is 4.94. The third kappa shape index (κ3) is 3.88. The van der Waals surface area contributed by atoms with Crippen molar-refractivity contribution in [3.8, 4) is 17.0 Å². The quantitative estimate of drug-likeness (QED) is 0.558. The summed E-state index contributed by atoms with van der Waals surface area (Å²) in [7, 11) is 0. The predicted molar refractivity (Wildman–Crippen MR) is 102 cm³/mol. The Bertz CT molecular complexity index is 962. The lowest BCUT2D eigenvalue weighted by atomic mass is 9.96. The molecule has 0 aliphatic heterocycles. The lowest BCUT2D eigenvalue weighted by Gasteiger charge is -2.27. The molecule has 0 spiro atoms. The molecular weight excluding hydrogens is 364 g/mol. The average Bonchev–Trinajstić information content (AvgIpc) is 3.06. The van der Waals surface area contributed by atoms with Crippen molar-refractivity contribution in [1.82, 2.24) is 9.97 Å². The van der Waals surface area contributed by atoms with Gasteiger partial charge in [0.1, 0.15) is 17.6 Å². The van der Waals surface area contributed by atoms with Crippen molar-refractivity contribution >= 4 is 17.4 Å². The molecule has 4 rings (SSSR count). The van der Waals surface area contributed by atoms with Crippen LogP contribution in [-0.2, 0) is 6.42 Å². The molecule has 0 unspecified atom stereocenters. The highest BCUT2D eigenvalue weighted by Gasteiger charge is 2.22. The Morgan fingerprint density at radius 1 is 1.26 bits per heavy atom. The molecule has 5 nitrogen and oxygen atoms in total. The number of Topliss-reactive ketones (excluding diaryl/α,β-unsaturated/α-hetero) is 1. The van der Waals surface area contributed by atoms with Crippen molar-refractivity contribution in [2.75, 3.05) is 0 Å². The topological polar surface area (TPSA) is 65.2 Å². The fourth-order valence-corrected chi connectivity index (χ4v) is 3.14. The van der Waals surface area contributed by atoms with Crippen LogP contribution >= 0.6 is 11.6 Å². The van der Waals surface area contributed by atoms with Gasteiger partial charge in [-0.25, -0.2) is 9.97 Å². The SMILES string of the molecule is Cc1ocnc1C(=O)Cc1cnc(OC2CCC2)c(-c2ccc(Cl)cc2)c1. The van der Waals surface area contributed by atoms with Crippen molar-refractivity contribution in [3.05, 3.63) is 65.0 Å². The number of nitrogens with zero attached hydrogens (tertiary/aromatic N) is 2. The third-order valence-electron chi connectivity index (χ3n) is 4.77. The van der Waals surface area contributed by atoms with Gasteiger partial charge < -0.3 is 9.15 Å². The molecule has 6 heteroatoms. The van der Waals surface area contributed by atoms with Crippen LogP contribution in [0.5, 0.6) is 5.88 Å². The minimum absolute atomic E-state index is 0.0993. The van der Waals surface area contributed by atoms with Gasteiger partial charge in [-0.1, -0.05) is 23.7 Å². The number of oxazole rings is 1. The monoisotopic (exact) mass is 382 g/mol. The number of hydrogen-bond acceptors (Lipinski definition) is 5. The van der Waals surface area contributed by atoms with Gasteiger partial charge in [-0.05, 0) is 55.5 Å². The molecule has 0 saturated heterocycles. The van der Waals surface area contributed by atoms with Crippen LogP contribution in [0.3, 0.4) is 0 Å². The van der Waals surface area contributed by atoms with Crippen LogP contribution in [0.4, 0.5) is 0 Å². The number of halogens is 1. The lowest BCUT2D eigenvalue weighted by molar-refractivity contribution is 0.0986. The zero-order valence-corrected chi connectivity index (χ0v) is 15.7. The molecule has 27 heavy (non-hydrogen) atoms. The Hall–Kier alpha value is -2.66. The van der Waals surface area contributed by atoms with Gasteiger partial charge in [0, 0.05) is 23.2 Å². The summed E-state index contributed by atoms with van der Waals surface area (Å²) >= 11 is 6.02. The molecular formula is C21H19ClN2O3. The standard InChI is InChI=1S/C21H19ClN2O3/c1-13-20(24-12-26-13)19(25)10-14-9-18(15-5-7-16(22)8-6-15)21(23-11-14)27-17-3-2-4-17/h5-9,11-12,17H,2-4,10H2,1H3. The molecule has 2 heterocycles. The maximum absolute atomic E-state index is 12.5. The fraction of sp³-hybridized carbons (Fsp3) is 0.286. The summed E-state index contributed by atoms with van der Waals surface area (Å²) in [4.78, 5) is 21.0. The normalized spacial score (nSPS) is 14.0. The van der Waals surface area contributed by atoms with Crippen molar-refractivity contribution in [3.63, 3.8) is 0 Å². The Morgan fingerprint density at radius 2 is 2.04 bits per heavy atom. The second-order valence-electron chi connectivity index (χ2n) is 6.73. The molecule has 0 atom stereocenters. The lowest BCUT2D eigenvalue weighted by Crippen LogP contribution is -2.25. The van der Waals surface area contributed by atoms with E-state index < -0.39 is 0 Å². The molecule has 1 saturated carbocycles. The summed E-state index contributed by atoms with van der Waals surface area (Å²) in [6.45, 7) is 1.73. The first kappa shape index (κ1) is 17.7. The molecule has 0 bridgehead atoms. The van der Waals surface area contributed by atoms with Crippen molar-refractivity contribution in [2.45, 2.75) is 38.7 Å². The van der Waals surface area contributed by atoms with Crippen LogP contribution in [0.25, 0.3) is 11.1 Å². The van der Waals surface area contributed by atoms with E-state index in [9.17, 15) is 4.79 Å². The van der Waals surface area contributed by atoms with Crippen LogP contribution < -0.4 is 4.74 Å². The third-order valence-corrected chi connectivity index (χ3v) is 5.02. The Morgan fingerprint density at radius 3 is 2.67 bits per heavy atom. The van der Waals surface area contributed by atoms with Gasteiger partial charge in [-0.3, -0.25) is 4.79 Å². The molecule has 0 amide bonds. The van der Waals surface area contributed by atoms with Crippen LogP contribution in [0.2, 0.25) is 5.02 Å². The minimum Gasteiger partial charge on any atom is -0.474 e. The number of carbonyl (C=O) groups is 1. The molecule has 138 valence electrons. The smallest absolute Gasteiger partial charge is 0.221 e. The molecule has 1 fully saturated rings. The number of ether oxygens (including phenoxy) is 1. The predicted octanol–water partition coefficient (Wildman–Crippen LogP) is 5.06. The van der Waals surface area contributed by atoms with Crippen molar-refractivity contribution < 1.29 is 13.9 Å². The second kappa shape index (κ2) is 7.53. The van der Waals surface area contributed by atoms with Crippen LogP contribution in [0.15, 0.2) is 47.3 Å². The highest BCUT2D eigenvalue weighted by Crippen LogP contribution is 2.33. The number of benzene rings is 1. The van der Waals surface area contributed by atoms with Gasteiger partial charge in [0.15, 0.2) is 12.2 Å². The molecule has 2 aromatic heterocycles. The molecule has 1 aromatic carbocycles. The van der Waals surface area contributed by atoms with Gasteiger partial charge >= 0.3 is 0 Å². The van der Waals surface area contributed by atoms with E-state index in [0.717, 1.165) is 29.5 Å². The summed E-state index contributed by atoms with van der Waals surface area (Å²) in [6.07, 6.45) is 6.68. The first-order valence-electron chi connectivity index (χ1n) is 8.95. The van der Waals surface area contributed by atoms with Gasteiger partial charge in [0.2, 0.25) is 5.88 Å². The number of hydrogen-bond donors (Lipinski definition) is 0. The maximum Gasteiger partial charge on any atom is 0.221 e. The summed E-state index contributed by atoms with van der Waals surface area (Å²) in [6, 6.07) is 9.49. The van der Waals surface area contributed by atoms with Crippen LogP contribution in [0, 0.1) is 6.92 Å². The molecule has 1 aliphatic carbocycles.